The van der Waals surface area contributed by atoms with Crippen LogP contribution in [-0.2, 0) is 35.2 Å². The van der Waals surface area contributed by atoms with E-state index in [2.05, 4.69) is 30.4 Å². The molecule has 3 aromatic carbocycles. The Kier molecular flexibility index (Phi) is 16.3. The number of aliphatic carboxylic acids is 1. The van der Waals surface area contributed by atoms with Crippen molar-refractivity contribution >= 4 is 39.3 Å². The van der Waals surface area contributed by atoms with Gasteiger partial charge >= 0.3 is 5.97 Å². The van der Waals surface area contributed by atoms with Gasteiger partial charge in [0.05, 0.1) is 50.7 Å². The first kappa shape index (κ1) is 44.2. The molecule has 1 aliphatic carbocycles. The molecule has 0 atom stereocenters. The summed E-state index contributed by atoms with van der Waals surface area (Å²) in [5.41, 5.74) is 6.91. The molecular formula is C48H54N2O9. The van der Waals surface area contributed by atoms with E-state index in [0.717, 1.165) is 63.2 Å². The number of amides is 1. The zero-order valence-corrected chi connectivity index (χ0v) is 34.5. The Morgan fingerprint density at radius 1 is 0.915 bits per heavy atom. The largest absolute Gasteiger partial charge is 0.478 e. The number of carbonyl (C=O) groups excluding carboxylic acids is 1. The van der Waals surface area contributed by atoms with Gasteiger partial charge in [-0.3, -0.25) is 9.59 Å². The van der Waals surface area contributed by atoms with Crippen LogP contribution < -0.4 is 10.7 Å². The second-order valence-electron chi connectivity index (χ2n) is 15.0. The van der Waals surface area contributed by atoms with Crippen molar-refractivity contribution in [1.29, 1.82) is 0 Å². The summed E-state index contributed by atoms with van der Waals surface area (Å²) in [6, 6.07) is 20.9. The molecule has 1 heterocycles. The first-order valence-electron chi connectivity index (χ1n) is 19.8. The van der Waals surface area contributed by atoms with Gasteiger partial charge in [0.25, 0.3) is 5.91 Å². The standard InChI is InChI=1S/C48H54N2O9/c1-33(9-8-10-34(2)29-46(53)54)13-19-40-35(3)41(21-22-48(40,4)5)50-58-32-45(52)49-23-24-55-25-26-56-27-28-57-31-36-14-16-38(17-15-36)44-30-42(51)47-39-12-7-6-11-37(39)18-20-43(47)59-44/h6-20,29-30H,21-28,31-32H2,1-5H3,(H,49,52)(H,53,54)/b10-8+,19-13+,33-9+,34-29+,50-41+. The zero-order valence-electron chi connectivity index (χ0n) is 34.5. The van der Waals surface area contributed by atoms with Gasteiger partial charge in [-0.1, -0.05) is 110 Å². The van der Waals surface area contributed by atoms with Gasteiger partial charge in [0, 0.05) is 24.3 Å². The van der Waals surface area contributed by atoms with Crippen LogP contribution in [0.1, 0.15) is 53.0 Å². The third-order valence-corrected chi connectivity index (χ3v) is 9.94. The van der Waals surface area contributed by atoms with Gasteiger partial charge in [0.15, 0.2) is 12.0 Å². The first-order valence-corrected chi connectivity index (χ1v) is 19.8. The Morgan fingerprint density at radius 3 is 2.41 bits per heavy atom. The molecule has 1 aliphatic rings. The number of hydrogen-bond donors (Lipinski definition) is 2. The van der Waals surface area contributed by atoms with Crippen molar-refractivity contribution in [3.05, 3.63) is 141 Å². The summed E-state index contributed by atoms with van der Waals surface area (Å²) < 4.78 is 23.1. The molecule has 0 aliphatic heterocycles. The number of carboxylic acids is 1. The molecule has 0 unspecified atom stereocenters. The van der Waals surface area contributed by atoms with Crippen molar-refractivity contribution in [3.63, 3.8) is 0 Å². The number of ether oxygens (including phenoxy) is 3. The van der Waals surface area contributed by atoms with Crippen LogP contribution in [0.4, 0.5) is 0 Å². The maximum atomic E-state index is 13.0. The van der Waals surface area contributed by atoms with Gasteiger partial charge in [-0.15, -0.1) is 0 Å². The third-order valence-electron chi connectivity index (χ3n) is 9.94. The second-order valence-corrected chi connectivity index (χ2v) is 15.0. The fraction of sp³-hybridized carbons (Fsp3) is 0.333. The predicted octanol–water partition coefficient (Wildman–Crippen LogP) is 8.88. The molecule has 0 fully saturated rings. The number of nitrogens with zero attached hydrogens (tertiary/aromatic N) is 1. The molecule has 0 saturated heterocycles. The van der Waals surface area contributed by atoms with Crippen molar-refractivity contribution in [2.45, 2.75) is 54.1 Å². The fourth-order valence-corrected chi connectivity index (χ4v) is 6.70. The Hall–Kier alpha value is -5.88. The van der Waals surface area contributed by atoms with Crippen LogP contribution in [-0.4, -0.2) is 68.9 Å². The second kappa shape index (κ2) is 21.8. The van der Waals surface area contributed by atoms with Gasteiger partial charge in [-0.25, -0.2) is 4.79 Å². The highest BCUT2D eigenvalue weighted by molar-refractivity contribution is 6.05. The SMILES string of the molecule is CC1=C(/C=C/C(C)=C/C=C/C(C)=C/C(=O)O)C(C)(C)CC/C1=N\OCC(=O)NCCOCCOCCOCc1ccc(-c2cc(=O)c3c(ccc4ccccc43)o2)cc1. The summed E-state index contributed by atoms with van der Waals surface area (Å²) in [4.78, 5) is 41.6. The lowest BCUT2D eigenvalue weighted by Gasteiger charge is -2.33. The topological polar surface area (TPSA) is 146 Å². The van der Waals surface area contributed by atoms with Crippen LogP contribution >= 0.6 is 0 Å². The van der Waals surface area contributed by atoms with Crippen LogP contribution in [0.15, 0.2) is 140 Å². The van der Waals surface area contributed by atoms with Crippen LogP contribution in [0.5, 0.6) is 0 Å². The number of fused-ring (bicyclic) bond motifs is 3. The Morgan fingerprint density at radius 2 is 1.64 bits per heavy atom. The number of rotatable bonds is 20. The van der Waals surface area contributed by atoms with E-state index in [1.165, 1.54) is 0 Å². The molecule has 5 rings (SSSR count). The van der Waals surface area contributed by atoms with Crippen LogP contribution in [0.25, 0.3) is 33.1 Å². The molecule has 4 aromatic rings. The highest BCUT2D eigenvalue weighted by atomic mass is 16.6. The van der Waals surface area contributed by atoms with Crippen molar-refractivity contribution in [2.24, 2.45) is 10.6 Å². The Bertz CT molecular complexity index is 2340. The molecule has 0 saturated carbocycles. The van der Waals surface area contributed by atoms with E-state index >= 15 is 0 Å². The van der Waals surface area contributed by atoms with Crippen LogP contribution in [0, 0.1) is 5.41 Å². The number of nitrogens with one attached hydrogen (secondary N) is 1. The Labute approximate surface area is 345 Å². The van der Waals surface area contributed by atoms with Gasteiger partial charge in [0.1, 0.15) is 11.3 Å². The minimum absolute atomic E-state index is 0.0536. The number of allylic oxidation sites excluding steroid dienone is 9. The van der Waals surface area contributed by atoms with Crippen molar-refractivity contribution in [3.8, 4) is 11.3 Å². The quantitative estimate of drug-likeness (QED) is 0.0294. The normalized spacial score (nSPS) is 15.6. The van der Waals surface area contributed by atoms with E-state index in [4.69, 9.17) is 28.6 Å². The van der Waals surface area contributed by atoms with Crippen LogP contribution in [0.3, 0.4) is 0 Å². The van der Waals surface area contributed by atoms with E-state index in [-0.39, 0.29) is 23.4 Å². The summed E-state index contributed by atoms with van der Waals surface area (Å²) >= 11 is 0. The summed E-state index contributed by atoms with van der Waals surface area (Å²) in [5.74, 6) is -0.731. The number of hydrogen-bond acceptors (Lipinski definition) is 9. The molecule has 310 valence electrons. The van der Waals surface area contributed by atoms with Gasteiger partial charge in [-0.05, 0) is 78.1 Å². The molecular weight excluding hydrogens is 749 g/mol. The van der Waals surface area contributed by atoms with Crippen molar-refractivity contribution in [2.75, 3.05) is 46.2 Å². The van der Waals surface area contributed by atoms with Crippen molar-refractivity contribution < 1.29 is 38.2 Å². The molecule has 11 heteroatoms. The third kappa shape index (κ3) is 13.3. The lowest BCUT2D eigenvalue weighted by molar-refractivity contribution is -0.131. The minimum atomic E-state index is -0.969. The monoisotopic (exact) mass is 802 g/mol. The van der Waals surface area contributed by atoms with Crippen molar-refractivity contribution in [1.82, 2.24) is 5.32 Å². The lowest BCUT2D eigenvalue weighted by Crippen LogP contribution is -2.30. The van der Waals surface area contributed by atoms with E-state index < -0.39 is 5.97 Å². The zero-order chi connectivity index (χ0) is 42.2. The summed E-state index contributed by atoms with van der Waals surface area (Å²) in [6.07, 6.45) is 12.4. The number of oxime groups is 1. The number of benzene rings is 3. The van der Waals surface area contributed by atoms with Gasteiger partial charge in [0.2, 0.25) is 0 Å². The van der Waals surface area contributed by atoms with Gasteiger partial charge in [-0.2, -0.15) is 0 Å². The average molecular weight is 803 g/mol. The molecule has 0 radical (unpaired) electrons. The summed E-state index contributed by atoms with van der Waals surface area (Å²) in [7, 11) is 0. The molecule has 0 bridgehead atoms. The van der Waals surface area contributed by atoms with Gasteiger partial charge < -0.3 is 33.9 Å². The summed E-state index contributed by atoms with van der Waals surface area (Å²) in [6.45, 7) is 12.7. The maximum absolute atomic E-state index is 13.0. The van der Waals surface area contributed by atoms with E-state index in [9.17, 15) is 14.4 Å². The molecule has 2 N–H and O–H groups in total. The average Bonchev–Trinajstić information content (AvgIpc) is 3.20. The Balaban J connectivity index is 0.930. The lowest BCUT2D eigenvalue weighted by atomic mass is 9.72. The summed E-state index contributed by atoms with van der Waals surface area (Å²) in [5, 5.41) is 18.4. The highest BCUT2D eigenvalue weighted by Gasteiger charge is 2.30. The van der Waals surface area contributed by atoms with E-state index in [0.29, 0.717) is 68.5 Å². The highest BCUT2D eigenvalue weighted by Crippen LogP contribution is 2.40. The molecule has 11 nitrogen and oxygen atoms in total. The molecule has 0 spiro atoms. The van der Waals surface area contributed by atoms with E-state index in [1.54, 1.807) is 19.1 Å². The predicted molar refractivity (Wildman–Crippen MR) is 232 cm³/mol. The molecule has 1 aromatic heterocycles. The van der Waals surface area contributed by atoms with E-state index in [1.807, 2.05) is 92.7 Å². The first-order chi connectivity index (χ1) is 28.4. The number of carbonyl (C=O) groups is 2. The van der Waals surface area contributed by atoms with Crippen LogP contribution in [0.2, 0.25) is 0 Å². The minimum Gasteiger partial charge on any atom is -0.478 e. The smallest absolute Gasteiger partial charge is 0.328 e. The fourth-order valence-electron chi connectivity index (χ4n) is 6.70. The maximum Gasteiger partial charge on any atom is 0.328 e. The number of carboxylic acid groups (broad SMARTS) is 1. The molecule has 1 amide bonds. The molecule has 59 heavy (non-hydrogen) atoms.